The van der Waals surface area contributed by atoms with E-state index >= 15 is 0 Å². The first-order valence-corrected chi connectivity index (χ1v) is 8.99. The summed E-state index contributed by atoms with van der Waals surface area (Å²) >= 11 is 3.46. The molecule has 116 valence electrons. The number of aryl methyl sites for hydroxylation is 1. The van der Waals surface area contributed by atoms with Gasteiger partial charge in [-0.25, -0.2) is 0 Å². The molecule has 1 aromatic heterocycles. The van der Waals surface area contributed by atoms with Gasteiger partial charge in [0.25, 0.3) is 5.91 Å². The predicted octanol–water partition coefficient (Wildman–Crippen LogP) is 3.25. The molecule has 0 unspecified atom stereocenters. The number of fused-ring (bicyclic) bond motifs is 1. The number of carbonyl (C=O) groups excluding carboxylic acids is 1. The molecule has 0 spiro atoms. The lowest BCUT2D eigenvalue weighted by Gasteiger charge is -2.35. The molecule has 6 heteroatoms. The average Bonchev–Trinajstić information content (AvgIpc) is 2.80. The predicted molar refractivity (Wildman–Crippen MR) is 87.2 cm³/mol. The third kappa shape index (κ3) is 4.01. The summed E-state index contributed by atoms with van der Waals surface area (Å²) in [5.74, 6) is 1.17. The maximum atomic E-state index is 12.8. The Balaban J connectivity index is 2.21. The van der Waals surface area contributed by atoms with E-state index in [0.717, 1.165) is 22.8 Å². The highest BCUT2D eigenvalue weighted by molar-refractivity contribution is 7.98. The molecule has 2 rings (SSSR count). The number of carbonyl (C=O) groups is 2. The van der Waals surface area contributed by atoms with Crippen LogP contribution in [-0.2, 0) is 17.0 Å². The van der Waals surface area contributed by atoms with E-state index in [1.165, 1.54) is 10.4 Å². The first-order chi connectivity index (χ1) is 9.79. The van der Waals surface area contributed by atoms with Crippen molar-refractivity contribution in [1.29, 1.82) is 0 Å². The van der Waals surface area contributed by atoms with E-state index in [1.807, 2.05) is 38.6 Å². The zero-order valence-electron chi connectivity index (χ0n) is 12.6. The fourth-order valence-electron chi connectivity index (χ4n) is 2.33. The second kappa shape index (κ2) is 6.40. The van der Waals surface area contributed by atoms with Crippen LogP contribution >= 0.6 is 23.1 Å². The van der Waals surface area contributed by atoms with Crippen LogP contribution in [0.15, 0.2) is 6.07 Å². The Morgan fingerprint density at radius 3 is 2.67 bits per heavy atom. The zero-order valence-corrected chi connectivity index (χ0v) is 14.3. The number of thiophene rings is 1. The van der Waals surface area contributed by atoms with Crippen LogP contribution in [0.2, 0.25) is 0 Å². The maximum Gasteiger partial charge on any atom is 0.305 e. The van der Waals surface area contributed by atoms with Gasteiger partial charge >= 0.3 is 5.97 Å². The van der Waals surface area contributed by atoms with E-state index in [2.05, 4.69) is 0 Å². The van der Waals surface area contributed by atoms with Crippen LogP contribution < -0.4 is 0 Å². The van der Waals surface area contributed by atoms with E-state index in [4.69, 9.17) is 5.11 Å². The lowest BCUT2D eigenvalue weighted by atomic mass is 10.0. The molecule has 4 nitrogen and oxygen atoms in total. The number of amides is 1. The summed E-state index contributed by atoms with van der Waals surface area (Å²) in [6.45, 7) is 6.07. The molecule has 1 N–H and O–H groups in total. The molecule has 0 saturated heterocycles. The van der Waals surface area contributed by atoms with Gasteiger partial charge in [-0.1, -0.05) is 0 Å². The van der Waals surface area contributed by atoms with E-state index in [1.54, 1.807) is 16.2 Å². The minimum Gasteiger partial charge on any atom is -0.481 e. The van der Waals surface area contributed by atoms with Crippen molar-refractivity contribution >= 4 is 35.0 Å². The molecule has 1 aliphatic heterocycles. The van der Waals surface area contributed by atoms with Gasteiger partial charge in [-0.2, -0.15) is 11.8 Å². The van der Waals surface area contributed by atoms with Crippen molar-refractivity contribution in [1.82, 2.24) is 4.90 Å². The summed E-state index contributed by atoms with van der Waals surface area (Å²) in [5.41, 5.74) is 0.887. The van der Waals surface area contributed by atoms with Gasteiger partial charge in [-0.05, 0) is 44.6 Å². The summed E-state index contributed by atoms with van der Waals surface area (Å²) in [6, 6.07) is 1.99. The number of rotatable bonds is 4. The van der Waals surface area contributed by atoms with Crippen LogP contribution in [0.3, 0.4) is 0 Å². The van der Waals surface area contributed by atoms with Crippen molar-refractivity contribution in [3.8, 4) is 0 Å². The van der Waals surface area contributed by atoms with Crippen LogP contribution in [0.5, 0.6) is 0 Å². The number of thioether (sulfide) groups is 1. The highest BCUT2D eigenvalue weighted by atomic mass is 32.2. The van der Waals surface area contributed by atoms with Crippen LogP contribution in [-0.4, -0.2) is 39.7 Å². The Kier molecular flexibility index (Phi) is 4.99. The summed E-state index contributed by atoms with van der Waals surface area (Å²) in [7, 11) is 0. The largest absolute Gasteiger partial charge is 0.481 e. The molecule has 0 atom stereocenters. The van der Waals surface area contributed by atoms with Crippen molar-refractivity contribution in [3.63, 3.8) is 0 Å². The highest BCUT2D eigenvalue weighted by Crippen LogP contribution is 2.33. The number of nitrogens with zero attached hydrogens (tertiary/aromatic N) is 1. The SMILES string of the molecule is CC(C)(C)N(CCC(=O)O)C(=O)c1cc2c(s1)CCSC2. The smallest absolute Gasteiger partial charge is 0.305 e. The summed E-state index contributed by atoms with van der Waals surface area (Å²) in [6.07, 6.45) is 1.01. The van der Waals surface area contributed by atoms with Crippen molar-refractivity contribution in [2.24, 2.45) is 0 Å². The molecular weight excluding hydrogens is 306 g/mol. The van der Waals surface area contributed by atoms with E-state index < -0.39 is 5.97 Å². The van der Waals surface area contributed by atoms with Gasteiger partial charge in [-0.3, -0.25) is 9.59 Å². The molecule has 0 saturated carbocycles. The summed E-state index contributed by atoms with van der Waals surface area (Å²) < 4.78 is 0. The molecule has 1 amide bonds. The minimum absolute atomic E-state index is 0.0239. The zero-order chi connectivity index (χ0) is 15.6. The van der Waals surface area contributed by atoms with Gasteiger partial charge in [0.2, 0.25) is 0 Å². The first-order valence-electron chi connectivity index (χ1n) is 7.02. The van der Waals surface area contributed by atoms with Crippen molar-refractivity contribution in [2.45, 2.75) is 44.9 Å². The normalized spacial score (nSPS) is 14.6. The molecule has 21 heavy (non-hydrogen) atoms. The molecule has 0 bridgehead atoms. The Morgan fingerprint density at radius 1 is 1.38 bits per heavy atom. The third-order valence-corrected chi connectivity index (χ3v) is 5.68. The minimum atomic E-state index is -0.876. The Morgan fingerprint density at radius 2 is 2.10 bits per heavy atom. The number of aliphatic carboxylic acids is 1. The van der Waals surface area contributed by atoms with Gasteiger partial charge in [0.05, 0.1) is 11.3 Å². The topological polar surface area (TPSA) is 57.6 Å². The van der Waals surface area contributed by atoms with Crippen molar-refractivity contribution < 1.29 is 14.7 Å². The van der Waals surface area contributed by atoms with Gasteiger partial charge in [0, 0.05) is 22.7 Å². The lowest BCUT2D eigenvalue weighted by Crippen LogP contribution is -2.46. The Hall–Kier alpha value is -1.01. The molecule has 0 aliphatic carbocycles. The number of hydrogen-bond donors (Lipinski definition) is 1. The van der Waals surface area contributed by atoms with Crippen LogP contribution in [0.4, 0.5) is 0 Å². The maximum absolute atomic E-state index is 12.8. The standard InChI is InChI=1S/C15H21NO3S2/c1-15(2,3)16(6-4-13(17)18)14(19)12-8-10-9-20-7-5-11(10)21-12/h8H,4-7,9H2,1-3H3,(H,17,18). The highest BCUT2D eigenvalue weighted by Gasteiger charge is 2.29. The monoisotopic (exact) mass is 327 g/mol. The molecule has 0 aromatic carbocycles. The van der Waals surface area contributed by atoms with E-state index in [0.29, 0.717) is 0 Å². The Bertz CT molecular complexity index is 522. The molecule has 1 aliphatic rings. The molecule has 0 fully saturated rings. The van der Waals surface area contributed by atoms with Gasteiger partial charge in [0.1, 0.15) is 0 Å². The fraction of sp³-hybridized carbons (Fsp3) is 0.600. The van der Waals surface area contributed by atoms with Gasteiger partial charge < -0.3 is 10.0 Å². The third-order valence-electron chi connectivity index (χ3n) is 3.44. The van der Waals surface area contributed by atoms with Gasteiger partial charge in [-0.15, -0.1) is 11.3 Å². The number of hydrogen-bond acceptors (Lipinski definition) is 4. The van der Waals surface area contributed by atoms with Crippen LogP contribution in [0, 0.1) is 0 Å². The van der Waals surface area contributed by atoms with Gasteiger partial charge in [0.15, 0.2) is 0 Å². The van der Waals surface area contributed by atoms with E-state index in [-0.39, 0.29) is 24.4 Å². The Labute approximate surface area is 133 Å². The second-order valence-corrected chi connectivity index (χ2v) is 8.37. The fourth-order valence-corrected chi connectivity index (χ4v) is 4.66. The molecule has 0 radical (unpaired) electrons. The number of carboxylic acids is 1. The van der Waals surface area contributed by atoms with Crippen molar-refractivity contribution in [3.05, 3.63) is 21.4 Å². The lowest BCUT2D eigenvalue weighted by molar-refractivity contribution is -0.137. The number of carboxylic acid groups (broad SMARTS) is 1. The van der Waals surface area contributed by atoms with Crippen LogP contribution in [0.1, 0.15) is 47.3 Å². The summed E-state index contributed by atoms with van der Waals surface area (Å²) in [4.78, 5) is 27.3. The van der Waals surface area contributed by atoms with E-state index in [9.17, 15) is 9.59 Å². The second-order valence-electron chi connectivity index (χ2n) is 6.13. The van der Waals surface area contributed by atoms with Crippen molar-refractivity contribution in [2.75, 3.05) is 12.3 Å². The first kappa shape index (κ1) is 16.4. The molecular formula is C15H21NO3S2. The molecule has 1 aromatic rings. The quantitative estimate of drug-likeness (QED) is 0.922. The van der Waals surface area contributed by atoms with Crippen LogP contribution in [0.25, 0.3) is 0 Å². The average molecular weight is 327 g/mol. The molecule has 2 heterocycles. The summed E-state index contributed by atoms with van der Waals surface area (Å²) in [5, 5.41) is 8.87.